The summed E-state index contributed by atoms with van der Waals surface area (Å²) in [6.07, 6.45) is 0. The van der Waals surface area contributed by atoms with Gasteiger partial charge in [-0.2, -0.15) is 0 Å². The largest absolute Gasteiger partial charge is 0.309 e. The molecule has 0 aromatic heterocycles. The van der Waals surface area contributed by atoms with Gasteiger partial charge in [0.15, 0.2) is 0 Å². The summed E-state index contributed by atoms with van der Waals surface area (Å²) in [6.45, 7) is 18.5. The zero-order chi connectivity index (χ0) is 48.9. The molecule has 72 heavy (non-hydrogen) atoms. The van der Waals surface area contributed by atoms with Gasteiger partial charge in [0.1, 0.15) is 0 Å². The van der Waals surface area contributed by atoms with Crippen LogP contribution in [0.2, 0.25) is 0 Å². The standard InChI is InChI=1S/C70H56N2/c1-41-17-21-45-23-19-43(3)67(57(45)37-41)71(49-29-33-53-51-13-9-11-15-59(51)69(5,6)61(53)39-49)63-35-27-47-26-32-56-64(36-28-48-25-31-55(63)65(47)66(48)56)72(68-44(4)20-24-46-22-18-42(2)38-58(46)68)50-30-34-54-52-14-10-12-16-60(52)70(7,8)62(54)40-50/h9-40H,1-8H3. The van der Waals surface area contributed by atoms with Gasteiger partial charge in [0.25, 0.3) is 0 Å². The number of nitrogens with zero attached hydrogens (tertiary/aromatic N) is 2. The maximum absolute atomic E-state index is 2.58. The lowest BCUT2D eigenvalue weighted by Crippen LogP contribution is -2.17. The molecule has 12 aromatic rings. The first-order valence-electron chi connectivity index (χ1n) is 25.7. The monoisotopic (exact) mass is 924 g/mol. The van der Waals surface area contributed by atoms with Gasteiger partial charge < -0.3 is 9.80 Å². The summed E-state index contributed by atoms with van der Waals surface area (Å²) < 4.78 is 0. The van der Waals surface area contributed by atoms with Gasteiger partial charge in [-0.1, -0.05) is 184 Å². The summed E-state index contributed by atoms with van der Waals surface area (Å²) in [5, 5.41) is 12.5. The van der Waals surface area contributed by atoms with Crippen molar-refractivity contribution < 1.29 is 0 Å². The summed E-state index contributed by atoms with van der Waals surface area (Å²) in [4.78, 5) is 5.17. The van der Waals surface area contributed by atoms with E-state index in [2.05, 4.69) is 259 Å². The van der Waals surface area contributed by atoms with Gasteiger partial charge in [-0.25, -0.2) is 0 Å². The van der Waals surface area contributed by atoms with Crippen molar-refractivity contribution in [3.8, 4) is 22.3 Å². The third kappa shape index (κ3) is 5.96. The Kier molecular flexibility index (Phi) is 8.98. The van der Waals surface area contributed by atoms with E-state index in [0.717, 1.165) is 11.4 Å². The smallest absolute Gasteiger partial charge is 0.0569 e. The molecule has 0 unspecified atom stereocenters. The van der Waals surface area contributed by atoms with Crippen molar-refractivity contribution in [3.63, 3.8) is 0 Å². The maximum Gasteiger partial charge on any atom is 0.0569 e. The number of benzene rings is 12. The van der Waals surface area contributed by atoms with Gasteiger partial charge in [-0.3, -0.25) is 0 Å². The first kappa shape index (κ1) is 42.7. The van der Waals surface area contributed by atoms with Crippen molar-refractivity contribution >= 4 is 88.0 Å². The first-order chi connectivity index (χ1) is 34.9. The van der Waals surface area contributed by atoms with Crippen LogP contribution in [0.1, 0.15) is 72.2 Å². The predicted molar refractivity (Wildman–Crippen MR) is 309 cm³/mol. The Hall–Kier alpha value is -8.20. The molecule has 2 aliphatic rings. The maximum atomic E-state index is 2.58. The lowest BCUT2D eigenvalue weighted by molar-refractivity contribution is 0.660. The van der Waals surface area contributed by atoms with Gasteiger partial charge in [0, 0.05) is 43.7 Å². The Morgan fingerprint density at radius 3 is 1.12 bits per heavy atom. The van der Waals surface area contributed by atoms with Crippen molar-refractivity contribution in [1.29, 1.82) is 0 Å². The SMILES string of the molecule is Cc1ccc2ccc(C)c(N(c3ccc4c(c3)C(C)(C)c3ccccc3-4)c3ccc4ccc5c(N(c6ccc7c(c6)C(C)(C)c6ccccc6-7)c6c(C)ccc7ccc(C)cc67)ccc6ccc3c4c65)c2c1. The van der Waals surface area contributed by atoms with Crippen molar-refractivity contribution in [2.45, 2.75) is 66.2 Å². The fraction of sp³-hybridized carbons (Fsp3) is 0.143. The number of rotatable bonds is 6. The molecule has 0 radical (unpaired) electrons. The molecule has 0 atom stereocenters. The van der Waals surface area contributed by atoms with Crippen LogP contribution in [0.15, 0.2) is 194 Å². The van der Waals surface area contributed by atoms with Crippen molar-refractivity contribution in [3.05, 3.63) is 239 Å². The van der Waals surface area contributed by atoms with Crippen LogP contribution >= 0.6 is 0 Å². The van der Waals surface area contributed by atoms with Crippen LogP contribution in [0.3, 0.4) is 0 Å². The molecular formula is C70H56N2. The average Bonchev–Trinajstić information content (AvgIpc) is 3.76. The summed E-state index contributed by atoms with van der Waals surface area (Å²) in [6, 6.07) is 74.4. The van der Waals surface area contributed by atoms with E-state index in [0.29, 0.717) is 0 Å². The molecule has 14 rings (SSSR count). The summed E-state index contributed by atoms with van der Waals surface area (Å²) >= 11 is 0. The quantitative estimate of drug-likeness (QED) is 0.153. The lowest BCUT2D eigenvalue weighted by Gasteiger charge is -2.32. The van der Waals surface area contributed by atoms with Crippen LogP contribution < -0.4 is 9.80 Å². The van der Waals surface area contributed by atoms with Gasteiger partial charge in [-0.05, 0) is 164 Å². The van der Waals surface area contributed by atoms with Crippen LogP contribution in [0.5, 0.6) is 0 Å². The Morgan fingerprint density at radius 2 is 0.681 bits per heavy atom. The molecule has 2 aliphatic carbocycles. The van der Waals surface area contributed by atoms with Crippen LogP contribution in [-0.2, 0) is 10.8 Å². The normalized spacial score (nSPS) is 14.1. The topological polar surface area (TPSA) is 6.48 Å². The first-order valence-corrected chi connectivity index (χ1v) is 25.7. The van der Waals surface area contributed by atoms with Crippen LogP contribution in [0.25, 0.3) is 76.1 Å². The highest BCUT2D eigenvalue weighted by molar-refractivity contribution is 6.28. The Balaban J connectivity index is 1.04. The van der Waals surface area contributed by atoms with Crippen molar-refractivity contribution in [2.24, 2.45) is 0 Å². The summed E-state index contributed by atoms with van der Waals surface area (Å²) in [7, 11) is 0. The van der Waals surface area contributed by atoms with Crippen molar-refractivity contribution in [2.75, 3.05) is 9.80 Å². The second-order valence-electron chi connectivity index (χ2n) is 22.0. The molecule has 0 fully saturated rings. The highest BCUT2D eigenvalue weighted by Crippen LogP contribution is 2.55. The number of aryl methyl sites for hydroxylation is 4. The third-order valence-corrected chi connectivity index (χ3v) is 16.9. The number of hydrogen-bond acceptors (Lipinski definition) is 2. The second kappa shape index (κ2) is 15.2. The minimum Gasteiger partial charge on any atom is -0.309 e. The molecule has 0 N–H and O–H groups in total. The second-order valence-corrected chi connectivity index (χ2v) is 22.0. The van der Waals surface area contributed by atoms with Gasteiger partial charge >= 0.3 is 0 Å². The molecule has 0 saturated carbocycles. The van der Waals surface area contributed by atoms with Crippen molar-refractivity contribution in [1.82, 2.24) is 0 Å². The molecule has 0 heterocycles. The minimum atomic E-state index is -0.150. The zero-order valence-electron chi connectivity index (χ0n) is 42.4. The molecule has 0 amide bonds. The molecule has 2 heteroatoms. The summed E-state index contributed by atoms with van der Waals surface area (Å²) in [5.41, 5.74) is 22.6. The number of fused-ring (bicyclic) bond motifs is 8. The molecule has 12 aromatic carbocycles. The lowest BCUT2D eigenvalue weighted by atomic mass is 9.82. The Labute approximate surface area is 422 Å². The van der Waals surface area contributed by atoms with E-state index in [9.17, 15) is 0 Å². The average molecular weight is 925 g/mol. The summed E-state index contributed by atoms with van der Waals surface area (Å²) in [5.74, 6) is 0. The molecule has 0 bridgehead atoms. The molecular weight excluding hydrogens is 869 g/mol. The fourth-order valence-corrected chi connectivity index (χ4v) is 13.2. The minimum absolute atomic E-state index is 0.150. The predicted octanol–water partition coefficient (Wildman–Crippen LogP) is 19.7. The van der Waals surface area contributed by atoms with E-state index in [1.807, 2.05) is 0 Å². The van der Waals surface area contributed by atoms with Crippen LogP contribution in [-0.4, -0.2) is 0 Å². The number of hydrogen-bond donors (Lipinski definition) is 0. The van der Waals surface area contributed by atoms with E-state index in [4.69, 9.17) is 0 Å². The molecule has 346 valence electrons. The van der Waals surface area contributed by atoms with Crippen LogP contribution in [0.4, 0.5) is 34.1 Å². The molecule has 0 saturated heterocycles. The van der Waals surface area contributed by atoms with E-state index in [-0.39, 0.29) is 10.8 Å². The third-order valence-electron chi connectivity index (χ3n) is 16.9. The highest BCUT2D eigenvalue weighted by Gasteiger charge is 2.38. The van der Waals surface area contributed by atoms with Gasteiger partial charge in [-0.15, -0.1) is 0 Å². The highest BCUT2D eigenvalue weighted by atomic mass is 15.2. The van der Waals surface area contributed by atoms with E-state index in [1.54, 1.807) is 0 Å². The van der Waals surface area contributed by atoms with E-state index < -0.39 is 0 Å². The molecule has 2 nitrogen and oxygen atoms in total. The van der Waals surface area contributed by atoms with E-state index >= 15 is 0 Å². The fourth-order valence-electron chi connectivity index (χ4n) is 13.2. The number of anilines is 6. The van der Waals surface area contributed by atoms with Crippen LogP contribution in [0, 0.1) is 27.7 Å². The molecule has 0 spiro atoms. The molecule has 0 aliphatic heterocycles. The van der Waals surface area contributed by atoms with Gasteiger partial charge in [0.2, 0.25) is 0 Å². The Bertz CT molecular complexity index is 3990. The Morgan fingerprint density at radius 1 is 0.306 bits per heavy atom. The van der Waals surface area contributed by atoms with Gasteiger partial charge in [0.05, 0.1) is 22.7 Å². The van der Waals surface area contributed by atoms with E-state index in [1.165, 1.54) is 143 Å². The zero-order valence-corrected chi connectivity index (χ0v) is 42.4.